The van der Waals surface area contributed by atoms with Crippen molar-refractivity contribution in [3.05, 3.63) is 5.82 Å². The summed E-state index contributed by atoms with van der Waals surface area (Å²) in [6.07, 6.45) is 6.59. The van der Waals surface area contributed by atoms with Gasteiger partial charge in [0.05, 0.1) is 0 Å². The molecule has 0 spiro atoms. The number of nitrogens with zero attached hydrogens (tertiary/aromatic N) is 5. The van der Waals surface area contributed by atoms with Gasteiger partial charge in [0.2, 0.25) is 5.91 Å². The second kappa shape index (κ2) is 12.8. The van der Waals surface area contributed by atoms with Crippen LogP contribution in [0.15, 0.2) is 10.1 Å². The molecule has 0 bridgehead atoms. The van der Waals surface area contributed by atoms with Crippen molar-refractivity contribution in [3.63, 3.8) is 0 Å². The van der Waals surface area contributed by atoms with Gasteiger partial charge in [-0.05, 0) is 44.3 Å². The number of rotatable bonds is 10. The maximum absolute atomic E-state index is 11.6. The molecule has 1 aromatic rings. The van der Waals surface area contributed by atoms with Gasteiger partial charge < -0.3 is 20.1 Å². The van der Waals surface area contributed by atoms with Gasteiger partial charge in [0.1, 0.15) is 5.82 Å². The van der Waals surface area contributed by atoms with E-state index in [9.17, 15) is 4.79 Å². The number of aromatic nitrogens is 3. The molecule has 2 heterocycles. The van der Waals surface area contributed by atoms with Crippen LogP contribution in [0.4, 0.5) is 0 Å². The zero-order valence-electron chi connectivity index (χ0n) is 19.3. The fraction of sp³-hybridized carbons (Fsp3) is 0.810. The number of aliphatic imine (C=N–C) groups is 1. The van der Waals surface area contributed by atoms with E-state index < -0.39 is 0 Å². The molecule has 9 heteroatoms. The molecule has 0 atom stereocenters. The molecule has 1 fully saturated rings. The highest BCUT2D eigenvalue weighted by atomic mass is 32.2. The average Bonchev–Trinajstić information content (AvgIpc) is 3.11. The number of amides is 1. The fourth-order valence-electron chi connectivity index (χ4n) is 3.76. The number of thioether (sulfide) groups is 1. The lowest BCUT2D eigenvalue weighted by molar-refractivity contribution is -0.121. The Morgan fingerprint density at radius 1 is 1.30 bits per heavy atom. The molecule has 0 aliphatic carbocycles. The van der Waals surface area contributed by atoms with Crippen LogP contribution in [-0.4, -0.2) is 71.0 Å². The van der Waals surface area contributed by atoms with E-state index in [4.69, 9.17) is 4.99 Å². The van der Waals surface area contributed by atoms with E-state index in [1.807, 2.05) is 0 Å². The van der Waals surface area contributed by atoms with Crippen molar-refractivity contribution in [2.75, 3.05) is 39.5 Å². The number of piperidine rings is 1. The quantitative estimate of drug-likeness (QED) is 0.253. The van der Waals surface area contributed by atoms with Crippen LogP contribution in [0.1, 0.15) is 52.3 Å². The zero-order chi connectivity index (χ0) is 21.9. The van der Waals surface area contributed by atoms with Crippen molar-refractivity contribution in [2.24, 2.45) is 16.8 Å². The Hall–Kier alpha value is -1.77. The number of carbonyl (C=O) groups excluding carboxylic acids is 1. The third-order valence-electron chi connectivity index (χ3n) is 5.35. The number of guanidine groups is 1. The van der Waals surface area contributed by atoms with Crippen LogP contribution in [0.2, 0.25) is 0 Å². The van der Waals surface area contributed by atoms with Gasteiger partial charge in [-0.25, -0.2) is 0 Å². The van der Waals surface area contributed by atoms with Crippen molar-refractivity contribution in [3.8, 4) is 0 Å². The van der Waals surface area contributed by atoms with Crippen LogP contribution in [0.5, 0.6) is 0 Å². The van der Waals surface area contributed by atoms with Crippen LogP contribution in [0.3, 0.4) is 0 Å². The lowest BCUT2D eigenvalue weighted by Crippen LogP contribution is -2.46. The molecule has 1 saturated heterocycles. The molecule has 8 nitrogen and oxygen atoms in total. The number of hydrogen-bond acceptors (Lipinski definition) is 5. The number of hydrogen-bond donors (Lipinski definition) is 2. The third-order valence-corrected chi connectivity index (χ3v) is 6.01. The monoisotopic (exact) mass is 437 g/mol. The summed E-state index contributed by atoms with van der Waals surface area (Å²) in [6, 6.07) is 0. The highest BCUT2D eigenvalue weighted by molar-refractivity contribution is 7.98. The van der Waals surface area contributed by atoms with Gasteiger partial charge in [-0.15, -0.1) is 10.2 Å². The number of nitrogens with one attached hydrogen (secondary N) is 2. The van der Waals surface area contributed by atoms with Gasteiger partial charge in [-0.3, -0.25) is 9.79 Å². The SMILES string of the molecule is CCNC(=NCCCc1nnc(SC)n1CC(C)C)N1CCC(CC(=O)NC)CC1. The van der Waals surface area contributed by atoms with Crippen molar-refractivity contribution in [1.29, 1.82) is 0 Å². The zero-order valence-corrected chi connectivity index (χ0v) is 20.1. The topological polar surface area (TPSA) is 87.4 Å². The summed E-state index contributed by atoms with van der Waals surface area (Å²) in [5.41, 5.74) is 0. The Bertz CT molecular complexity index is 681. The van der Waals surface area contributed by atoms with Crippen molar-refractivity contribution >= 4 is 23.6 Å². The van der Waals surface area contributed by atoms with E-state index in [0.717, 1.165) is 75.3 Å². The molecule has 0 saturated carbocycles. The lowest BCUT2D eigenvalue weighted by Gasteiger charge is -2.34. The summed E-state index contributed by atoms with van der Waals surface area (Å²) in [5.74, 6) is 3.23. The van der Waals surface area contributed by atoms with Crippen LogP contribution < -0.4 is 10.6 Å². The molecule has 30 heavy (non-hydrogen) atoms. The summed E-state index contributed by atoms with van der Waals surface area (Å²) in [4.78, 5) is 18.8. The number of likely N-dealkylation sites (tertiary alicyclic amines) is 1. The lowest BCUT2D eigenvalue weighted by atomic mass is 9.93. The fourth-order valence-corrected chi connectivity index (χ4v) is 4.29. The second-order valence-electron chi connectivity index (χ2n) is 8.25. The first-order valence-corrected chi connectivity index (χ1v) is 12.4. The van der Waals surface area contributed by atoms with Crippen LogP contribution in [0.25, 0.3) is 0 Å². The molecule has 0 radical (unpaired) electrons. The van der Waals surface area contributed by atoms with Crippen molar-refractivity contribution in [1.82, 2.24) is 30.3 Å². The summed E-state index contributed by atoms with van der Waals surface area (Å²) in [6.45, 7) is 11.0. The predicted molar refractivity (Wildman–Crippen MR) is 124 cm³/mol. The summed E-state index contributed by atoms with van der Waals surface area (Å²) in [5, 5.41) is 15.9. The van der Waals surface area contributed by atoms with E-state index in [2.05, 4.69) is 57.3 Å². The smallest absolute Gasteiger partial charge is 0.220 e. The average molecular weight is 438 g/mol. The van der Waals surface area contributed by atoms with E-state index in [1.165, 1.54) is 0 Å². The molecule has 1 amide bonds. The Morgan fingerprint density at radius 3 is 2.63 bits per heavy atom. The molecule has 2 rings (SSSR count). The first-order chi connectivity index (χ1) is 14.5. The van der Waals surface area contributed by atoms with Gasteiger partial charge in [0, 0.05) is 52.6 Å². The minimum Gasteiger partial charge on any atom is -0.359 e. The maximum Gasteiger partial charge on any atom is 0.220 e. The Morgan fingerprint density at radius 2 is 2.03 bits per heavy atom. The molecule has 0 unspecified atom stereocenters. The Labute approximate surface area is 185 Å². The van der Waals surface area contributed by atoms with Crippen LogP contribution >= 0.6 is 11.8 Å². The largest absolute Gasteiger partial charge is 0.359 e. The molecule has 2 N–H and O–H groups in total. The standard InChI is InChI=1S/C21H39N7OS/c1-6-23-20(27-12-9-17(10-13-27)14-19(29)22-4)24-11-7-8-18-25-26-21(30-5)28(18)15-16(2)3/h16-17H,6-15H2,1-5H3,(H,22,29)(H,23,24). The number of carbonyl (C=O) groups is 1. The highest BCUT2D eigenvalue weighted by Crippen LogP contribution is 2.20. The van der Waals surface area contributed by atoms with Crippen molar-refractivity contribution < 1.29 is 4.79 Å². The third kappa shape index (κ3) is 7.49. The molecule has 1 aliphatic rings. The molecular weight excluding hydrogens is 398 g/mol. The molecular formula is C21H39N7OS. The Balaban J connectivity index is 1.87. The summed E-state index contributed by atoms with van der Waals surface area (Å²) < 4.78 is 2.25. The van der Waals surface area contributed by atoms with Gasteiger partial charge in [0.15, 0.2) is 11.1 Å². The minimum absolute atomic E-state index is 0.143. The second-order valence-corrected chi connectivity index (χ2v) is 9.03. The van der Waals surface area contributed by atoms with E-state index >= 15 is 0 Å². The van der Waals surface area contributed by atoms with Gasteiger partial charge >= 0.3 is 0 Å². The van der Waals surface area contributed by atoms with E-state index in [0.29, 0.717) is 18.3 Å². The highest BCUT2D eigenvalue weighted by Gasteiger charge is 2.23. The van der Waals surface area contributed by atoms with E-state index in [-0.39, 0.29) is 5.91 Å². The first-order valence-electron chi connectivity index (χ1n) is 11.2. The predicted octanol–water partition coefficient (Wildman–Crippen LogP) is 2.40. The molecule has 1 aliphatic heterocycles. The minimum atomic E-state index is 0.143. The van der Waals surface area contributed by atoms with Crippen LogP contribution in [0, 0.1) is 11.8 Å². The normalized spacial score (nSPS) is 15.7. The molecule has 0 aromatic carbocycles. The first kappa shape index (κ1) is 24.5. The van der Waals surface area contributed by atoms with Gasteiger partial charge in [-0.2, -0.15) is 0 Å². The summed E-state index contributed by atoms with van der Waals surface area (Å²) in [7, 11) is 1.71. The number of aryl methyl sites for hydroxylation is 1. The molecule has 170 valence electrons. The maximum atomic E-state index is 11.6. The van der Waals surface area contributed by atoms with Gasteiger partial charge in [0.25, 0.3) is 0 Å². The van der Waals surface area contributed by atoms with E-state index in [1.54, 1.807) is 18.8 Å². The van der Waals surface area contributed by atoms with Gasteiger partial charge in [-0.1, -0.05) is 25.6 Å². The summed E-state index contributed by atoms with van der Waals surface area (Å²) >= 11 is 1.65. The van der Waals surface area contributed by atoms with Crippen LogP contribution in [-0.2, 0) is 17.8 Å². The Kier molecular flexibility index (Phi) is 10.5. The van der Waals surface area contributed by atoms with Crippen molar-refractivity contribution in [2.45, 2.75) is 64.6 Å². The molecule has 1 aromatic heterocycles.